The van der Waals surface area contributed by atoms with E-state index in [2.05, 4.69) is 4.98 Å². The van der Waals surface area contributed by atoms with Crippen LogP contribution in [0.15, 0.2) is 12.3 Å². The molecular weight excluding hydrogens is 195 g/mol. The molecule has 1 rings (SSSR count). The number of nitrogen functional groups attached to an aromatic ring is 1. The molecular formula is C10H19N2OP. The predicted octanol–water partition coefficient (Wildman–Crippen LogP) is 2.25. The van der Waals surface area contributed by atoms with Gasteiger partial charge in [0.1, 0.15) is 13.0 Å². The van der Waals surface area contributed by atoms with Gasteiger partial charge in [-0.15, -0.1) is 0 Å². The highest BCUT2D eigenvalue weighted by molar-refractivity contribution is 7.70. The van der Waals surface area contributed by atoms with Crippen molar-refractivity contribution in [3.8, 4) is 0 Å². The molecule has 0 amide bonds. The van der Waals surface area contributed by atoms with Gasteiger partial charge in [-0.05, 0) is 31.9 Å². The molecule has 0 atom stereocenters. The van der Waals surface area contributed by atoms with Crippen LogP contribution in [-0.2, 0) is 4.57 Å². The Morgan fingerprint density at radius 2 is 1.86 bits per heavy atom. The summed E-state index contributed by atoms with van der Waals surface area (Å²) >= 11 is 0. The van der Waals surface area contributed by atoms with Crippen LogP contribution in [0.4, 0.5) is 5.82 Å². The van der Waals surface area contributed by atoms with Gasteiger partial charge in [0.25, 0.3) is 0 Å². The lowest BCUT2D eigenvalue weighted by Gasteiger charge is -2.11. The fourth-order valence-corrected chi connectivity index (χ4v) is 2.81. The molecule has 2 N–H and O–H groups in total. The van der Waals surface area contributed by atoms with E-state index < -0.39 is 7.14 Å². The molecule has 0 unspecified atom stereocenters. The van der Waals surface area contributed by atoms with Gasteiger partial charge >= 0.3 is 0 Å². The summed E-state index contributed by atoms with van der Waals surface area (Å²) in [6.45, 7) is 9.30. The third-order valence-corrected chi connectivity index (χ3v) is 3.35. The summed E-state index contributed by atoms with van der Waals surface area (Å²) in [6.07, 6.45) is 1.63. The molecule has 0 aromatic carbocycles. The molecule has 0 saturated heterocycles. The summed E-state index contributed by atoms with van der Waals surface area (Å²) in [5.74, 6) is 0.392. The molecule has 0 spiro atoms. The van der Waals surface area contributed by atoms with Crippen LogP contribution in [0.5, 0.6) is 0 Å². The van der Waals surface area contributed by atoms with E-state index in [1.807, 2.05) is 26.8 Å². The molecule has 14 heavy (non-hydrogen) atoms. The van der Waals surface area contributed by atoms with E-state index in [-0.39, 0.29) is 0 Å². The average molecular weight is 214 g/mol. The average Bonchev–Trinajstić information content (AvgIpc) is 2.05. The normalized spacial score (nSPS) is 10.4. The van der Waals surface area contributed by atoms with Gasteiger partial charge < -0.3 is 10.3 Å². The minimum Gasteiger partial charge on any atom is -0.383 e. The Balaban J connectivity index is 0.000000791. The zero-order valence-electron chi connectivity index (χ0n) is 9.53. The molecule has 1 aromatic heterocycles. The summed E-state index contributed by atoms with van der Waals surface area (Å²) in [7, 11) is -2.28. The Hall–Kier alpha value is -0.820. The maximum atomic E-state index is 11.7. The molecule has 0 fully saturated rings. The maximum Gasteiger partial charge on any atom is 0.134 e. The number of nitrogens with two attached hydrogens (primary N) is 1. The lowest BCUT2D eigenvalue weighted by atomic mass is 10.3. The smallest absolute Gasteiger partial charge is 0.134 e. The van der Waals surface area contributed by atoms with Crippen LogP contribution >= 0.6 is 7.14 Å². The Morgan fingerprint density at radius 1 is 1.36 bits per heavy atom. The van der Waals surface area contributed by atoms with Crippen molar-refractivity contribution >= 4 is 18.3 Å². The Labute approximate surface area is 86.1 Å². The number of hydrogen-bond acceptors (Lipinski definition) is 3. The monoisotopic (exact) mass is 214 g/mol. The van der Waals surface area contributed by atoms with E-state index >= 15 is 0 Å². The number of anilines is 1. The first-order valence-corrected chi connectivity index (χ1v) is 7.29. The summed E-state index contributed by atoms with van der Waals surface area (Å²) in [5, 5.41) is 0.713. The van der Waals surface area contributed by atoms with Gasteiger partial charge in [-0.25, -0.2) is 4.98 Å². The minimum atomic E-state index is -2.28. The summed E-state index contributed by atoms with van der Waals surface area (Å²) < 4.78 is 11.7. The van der Waals surface area contributed by atoms with Crippen LogP contribution in [0.25, 0.3) is 0 Å². The van der Waals surface area contributed by atoms with Gasteiger partial charge in [0.05, 0.1) is 5.30 Å². The van der Waals surface area contributed by atoms with E-state index in [1.165, 1.54) is 0 Å². The Morgan fingerprint density at radius 3 is 2.14 bits per heavy atom. The second-order valence-corrected chi connectivity index (χ2v) is 6.36. The highest BCUT2D eigenvalue weighted by Gasteiger charge is 2.17. The number of aromatic nitrogens is 1. The quantitative estimate of drug-likeness (QED) is 0.729. The van der Waals surface area contributed by atoms with Gasteiger partial charge in [0.15, 0.2) is 0 Å². The zero-order valence-corrected chi connectivity index (χ0v) is 10.4. The van der Waals surface area contributed by atoms with Gasteiger partial charge in [0, 0.05) is 6.20 Å². The standard InChI is InChI=1S/C8H13N2OP.C2H6/c1-6-4-5-10-8(9)7(6)12(2,3)11;1-2/h4-5H,1-3H3,(H2,9,10);1-2H3. The largest absolute Gasteiger partial charge is 0.383 e. The number of hydrogen-bond donors (Lipinski definition) is 1. The first-order chi connectivity index (χ1) is 6.43. The second-order valence-electron chi connectivity index (χ2n) is 3.21. The SMILES string of the molecule is CC.Cc1ccnc(N)c1P(C)(C)=O. The third-order valence-electron chi connectivity index (χ3n) is 1.69. The minimum absolute atomic E-state index is 0.392. The third kappa shape index (κ3) is 3.15. The summed E-state index contributed by atoms with van der Waals surface area (Å²) in [6, 6.07) is 1.82. The van der Waals surface area contributed by atoms with Gasteiger partial charge in [0.2, 0.25) is 0 Å². The van der Waals surface area contributed by atoms with Crippen LogP contribution in [0, 0.1) is 6.92 Å². The molecule has 0 bridgehead atoms. The van der Waals surface area contributed by atoms with Crippen molar-refractivity contribution in [2.24, 2.45) is 0 Å². The van der Waals surface area contributed by atoms with Crippen molar-refractivity contribution in [1.82, 2.24) is 4.98 Å². The lowest BCUT2D eigenvalue weighted by Crippen LogP contribution is -2.14. The molecule has 1 heterocycles. The number of rotatable bonds is 1. The van der Waals surface area contributed by atoms with E-state index in [0.29, 0.717) is 11.1 Å². The first kappa shape index (κ1) is 13.2. The molecule has 0 aliphatic rings. The molecule has 0 aliphatic carbocycles. The molecule has 4 heteroatoms. The number of pyridine rings is 1. The lowest BCUT2D eigenvalue weighted by molar-refractivity contribution is 0.588. The molecule has 0 saturated carbocycles. The fourth-order valence-electron chi connectivity index (χ4n) is 1.27. The van der Waals surface area contributed by atoms with Crippen molar-refractivity contribution in [2.75, 3.05) is 19.1 Å². The number of nitrogens with zero attached hydrogens (tertiary/aromatic N) is 1. The fraction of sp³-hybridized carbons (Fsp3) is 0.500. The van der Waals surface area contributed by atoms with Gasteiger partial charge in [-0.3, -0.25) is 0 Å². The molecule has 0 radical (unpaired) electrons. The second kappa shape index (κ2) is 5.16. The zero-order chi connectivity index (χ0) is 11.4. The van der Waals surface area contributed by atoms with Crippen molar-refractivity contribution in [3.63, 3.8) is 0 Å². The van der Waals surface area contributed by atoms with E-state index in [9.17, 15) is 4.57 Å². The highest BCUT2D eigenvalue weighted by Crippen LogP contribution is 2.37. The van der Waals surface area contributed by atoms with E-state index in [1.54, 1.807) is 19.5 Å². The molecule has 1 aromatic rings. The van der Waals surface area contributed by atoms with Crippen LogP contribution in [0.1, 0.15) is 19.4 Å². The first-order valence-electron chi connectivity index (χ1n) is 4.69. The summed E-state index contributed by atoms with van der Waals surface area (Å²) in [4.78, 5) is 3.91. The van der Waals surface area contributed by atoms with Crippen LogP contribution in [0.2, 0.25) is 0 Å². The molecule has 0 aliphatic heterocycles. The summed E-state index contributed by atoms with van der Waals surface area (Å²) in [5.41, 5.74) is 6.58. The van der Waals surface area contributed by atoms with Crippen LogP contribution in [0.3, 0.4) is 0 Å². The van der Waals surface area contributed by atoms with Crippen molar-refractivity contribution < 1.29 is 4.57 Å². The Kier molecular flexibility index (Phi) is 4.86. The van der Waals surface area contributed by atoms with Gasteiger partial charge in [-0.1, -0.05) is 13.8 Å². The predicted molar refractivity (Wildman–Crippen MR) is 63.8 cm³/mol. The topological polar surface area (TPSA) is 56.0 Å². The van der Waals surface area contributed by atoms with E-state index in [4.69, 9.17) is 5.73 Å². The van der Waals surface area contributed by atoms with Gasteiger partial charge in [-0.2, -0.15) is 0 Å². The number of aryl methyl sites for hydroxylation is 1. The highest BCUT2D eigenvalue weighted by atomic mass is 31.2. The van der Waals surface area contributed by atoms with Crippen LogP contribution < -0.4 is 11.0 Å². The maximum absolute atomic E-state index is 11.7. The van der Waals surface area contributed by atoms with E-state index in [0.717, 1.165) is 5.56 Å². The van der Waals surface area contributed by atoms with Crippen molar-refractivity contribution in [3.05, 3.63) is 17.8 Å². The van der Waals surface area contributed by atoms with Crippen molar-refractivity contribution in [1.29, 1.82) is 0 Å². The molecule has 80 valence electrons. The Bertz CT molecular complexity index is 324. The van der Waals surface area contributed by atoms with Crippen LogP contribution in [-0.4, -0.2) is 18.3 Å². The van der Waals surface area contributed by atoms with Crippen molar-refractivity contribution in [2.45, 2.75) is 20.8 Å². The molecule has 3 nitrogen and oxygen atoms in total.